The number of fused-ring (bicyclic) bond motifs is 1. The van der Waals surface area contributed by atoms with Crippen molar-refractivity contribution in [3.8, 4) is 0 Å². The second-order valence-corrected chi connectivity index (χ2v) is 5.43. The summed E-state index contributed by atoms with van der Waals surface area (Å²) in [5, 5.41) is 0. The van der Waals surface area contributed by atoms with Gasteiger partial charge in [-0.3, -0.25) is 14.0 Å². The molecule has 122 valence electrons. The minimum atomic E-state index is -0.464. The lowest BCUT2D eigenvalue weighted by atomic mass is 10.1. The fourth-order valence-electron chi connectivity index (χ4n) is 2.36. The highest BCUT2D eigenvalue weighted by atomic mass is 19.1. The number of rotatable bonds is 4. The van der Waals surface area contributed by atoms with Crippen LogP contribution in [0.1, 0.15) is 16.8 Å². The summed E-state index contributed by atoms with van der Waals surface area (Å²) >= 11 is 0. The molecule has 0 N–H and O–H groups in total. The lowest BCUT2D eigenvalue weighted by Crippen LogP contribution is -2.17. The Bertz CT molecular complexity index is 949. The molecule has 0 aliphatic heterocycles. The van der Waals surface area contributed by atoms with Crippen LogP contribution < -0.4 is 5.56 Å². The molecule has 0 saturated heterocycles. The second kappa shape index (κ2) is 6.62. The summed E-state index contributed by atoms with van der Waals surface area (Å²) in [4.78, 5) is 28.3. The molecule has 24 heavy (non-hydrogen) atoms. The Kier molecular flexibility index (Phi) is 4.37. The van der Waals surface area contributed by atoms with Gasteiger partial charge in [0.05, 0.1) is 12.1 Å². The number of aromatic nitrogens is 2. The van der Waals surface area contributed by atoms with E-state index in [1.165, 1.54) is 34.7 Å². The van der Waals surface area contributed by atoms with E-state index in [2.05, 4.69) is 4.98 Å². The lowest BCUT2D eigenvalue weighted by molar-refractivity contribution is -0.144. The number of hydrogen-bond acceptors (Lipinski definition) is 4. The largest absolute Gasteiger partial charge is 0.459 e. The van der Waals surface area contributed by atoms with Gasteiger partial charge in [-0.15, -0.1) is 0 Å². The minimum absolute atomic E-state index is 0.0336. The average molecular weight is 326 g/mol. The Morgan fingerprint density at radius 3 is 2.75 bits per heavy atom. The molecule has 6 heteroatoms. The van der Waals surface area contributed by atoms with Crippen molar-refractivity contribution in [2.24, 2.45) is 0 Å². The highest BCUT2D eigenvalue weighted by Gasteiger charge is 2.09. The first-order chi connectivity index (χ1) is 11.5. The molecule has 0 fully saturated rings. The number of nitrogens with zero attached hydrogens (tertiary/aromatic N) is 2. The van der Waals surface area contributed by atoms with Crippen molar-refractivity contribution in [1.82, 2.24) is 9.38 Å². The minimum Gasteiger partial charge on any atom is -0.459 e. The SMILES string of the molecule is Cc1cccn2c(=O)cc(COC(=O)Cc3ccc(F)cc3)nc12. The Balaban J connectivity index is 1.71. The molecule has 0 bridgehead atoms. The van der Waals surface area contributed by atoms with Crippen LogP contribution in [-0.4, -0.2) is 15.4 Å². The van der Waals surface area contributed by atoms with Crippen molar-refractivity contribution < 1.29 is 13.9 Å². The van der Waals surface area contributed by atoms with E-state index in [1.807, 2.05) is 13.0 Å². The van der Waals surface area contributed by atoms with Crippen LogP contribution in [0.25, 0.3) is 5.65 Å². The first-order valence-electron chi connectivity index (χ1n) is 7.41. The zero-order valence-electron chi connectivity index (χ0n) is 13.0. The number of pyridine rings is 1. The van der Waals surface area contributed by atoms with E-state index < -0.39 is 5.97 Å². The zero-order valence-corrected chi connectivity index (χ0v) is 13.0. The predicted molar refractivity (Wildman–Crippen MR) is 86.1 cm³/mol. The Hall–Kier alpha value is -3.02. The maximum Gasteiger partial charge on any atom is 0.310 e. The van der Waals surface area contributed by atoms with Crippen LogP contribution in [0.15, 0.2) is 53.5 Å². The molecular weight excluding hydrogens is 311 g/mol. The van der Waals surface area contributed by atoms with Gasteiger partial charge < -0.3 is 4.74 Å². The molecule has 5 nitrogen and oxygen atoms in total. The van der Waals surface area contributed by atoms with E-state index in [9.17, 15) is 14.0 Å². The number of carbonyl (C=O) groups excluding carboxylic acids is 1. The molecule has 0 aliphatic rings. The lowest BCUT2D eigenvalue weighted by Gasteiger charge is -2.07. The number of ether oxygens (including phenoxy) is 1. The number of carbonyl (C=O) groups is 1. The zero-order chi connectivity index (χ0) is 17.1. The van der Waals surface area contributed by atoms with Crippen LogP contribution in [0, 0.1) is 12.7 Å². The number of esters is 1. The summed E-state index contributed by atoms with van der Waals surface area (Å²) < 4.78 is 19.4. The van der Waals surface area contributed by atoms with E-state index in [0.717, 1.165) is 5.56 Å². The average Bonchev–Trinajstić information content (AvgIpc) is 2.56. The second-order valence-electron chi connectivity index (χ2n) is 5.43. The molecule has 0 saturated carbocycles. The molecule has 2 aromatic heterocycles. The van der Waals surface area contributed by atoms with Gasteiger partial charge in [0, 0.05) is 12.3 Å². The monoisotopic (exact) mass is 326 g/mol. The van der Waals surface area contributed by atoms with Gasteiger partial charge in [-0.05, 0) is 36.2 Å². The summed E-state index contributed by atoms with van der Waals surface area (Å²) in [7, 11) is 0. The molecule has 0 spiro atoms. The first kappa shape index (κ1) is 15.9. The van der Waals surface area contributed by atoms with E-state index in [4.69, 9.17) is 4.74 Å². The van der Waals surface area contributed by atoms with Crippen LogP contribution in [0.5, 0.6) is 0 Å². The van der Waals surface area contributed by atoms with Crippen molar-refractivity contribution in [3.63, 3.8) is 0 Å². The van der Waals surface area contributed by atoms with Gasteiger partial charge in [0.1, 0.15) is 18.1 Å². The maximum absolute atomic E-state index is 12.8. The van der Waals surface area contributed by atoms with Crippen LogP contribution in [0.2, 0.25) is 0 Å². The Morgan fingerprint density at radius 2 is 2.00 bits per heavy atom. The first-order valence-corrected chi connectivity index (χ1v) is 7.41. The van der Waals surface area contributed by atoms with Gasteiger partial charge in [-0.2, -0.15) is 0 Å². The van der Waals surface area contributed by atoms with Gasteiger partial charge in [0.15, 0.2) is 0 Å². The van der Waals surface area contributed by atoms with Crippen LogP contribution in [0.4, 0.5) is 4.39 Å². The highest BCUT2D eigenvalue weighted by Crippen LogP contribution is 2.08. The van der Waals surface area contributed by atoms with Gasteiger partial charge in [-0.25, -0.2) is 9.37 Å². The fraction of sp³-hybridized carbons (Fsp3) is 0.167. The summed E-state index contributed by atoms with van der Waals surface area (Å²) in [5.41, 5.74) is 2.21. The number of halogens is 1. The van der Waals surface area contributed by atoms with Gasteiger partial charge >= 0.3 is 5.97 Å². The fourth-order valence-corrected chi connectivity index (χ4v) is 2.36. The van der Waals surface area contributed by atoms with Crippen molar-refractivity contribution >= 4 is 11.6 Å². The highest BCUT2D eigenvalue weighted by molar-refractivity contribution is 5.72. The number of benzene rings is 1. The normalized spacial score (nSPS) is 10.8. The molecule has 0 unspecified atom stereocenters. The van der Waals surface area contributed by atoms with Crippen LogP contribution in [-0.2, 0) is 22.6 Å². The molecule has 0 amide bonds. The van der Waals surface area contributed by atoms with E-state index >= 15 is 0 Å². The van der Waals surface area contributed by atoms with Crippen LogP contribution >= 0.6 is 0 Å². The predicted octanol–water partition coefficient (Wildman–Crippen LogP) is 2.43. The summed E-state index contributed by atoms with van der Waals surface area (Å²) in [6.45, 7) is 1.77. The van der Waals surface area contributed by atoms with Crippen LogP contribution in [0.3, 0.4) is 0 Å². The Morgan fingerprint density at radius 1 is 1.25 bits per heavy atom. The molecule has 0 atom stereocenters. The van der Waals surface area contributed by atoms with E-state index in [1.54, 1.807) is 12.3 Å². The van der Waals surface area contributed by atoms with Crippen molar-refractivity contribution in [2.75, 3.05) is 0 Å². The van der Waals surface area contributed by atoms with Crippen molar-refractivity contribution in [3.05, 3.63) is 81.7 Å². The summed E-state index contributed by atoms with van der Waals surface area (Å²) in [5.74, 6) is -0.822. The quantitative estimate of drug-likeness (QED) is 0.691. The summed E-state index contributed by atoms with van der Waals surface area (Å²) in [6, 6.07) is 10.6. The van der Waals surface area contributed by atoms with E-state index in [0.29, 0.717) is 16.9 Å². The van der Waals surface area contributed by atoms with E-state index in [-0.39, 0.29) is 24.4 Å². The molecule has 1 aromatic carbocycles. The van der Waals surface area contributed by atoms with Gasteiger partial charge in [0.2, 0.25) is 0 Å². The number of hydrogen-bond donors (Lipinski definition) is 0. The number of aryl methyl sites for hydroxylation is 1. The molecular formula is C18H15FN2O3. The molecule has 3 rings (SSSR count). The van der Waals surface area contributed by atoms with Crippen molar-refractivity contribution in [1.29, 1.82) is 0 Å². The molecule has 2 heterocycles. The third-order valence-electron chi connectivity index (χ3n) is 3.58. The molecule has 3 aromatic rings. The third kappa shape index (κ3) is 3.48. The Labute approximate surface area is 137 Å². The van der Waals surface area contributed by atoms with Gasteiger partial charge in [-0.1, -0.05) is 18.2 Å². The summed E-state index contributed by atoms with van der Waals surface area (Å²) in [6.07, 6.45) is 1.67. The third-order valence-corrected chi connectivity index (χ3v) is 3.58. The topological polar surface area (TPSA) is 60.7 Å². The smallest absolute Gasteiger partial charge is 0.310 e. The maximum atomic E-state index is 12.8. The van der Waals surface area contributed by atoms with Gasteiger partial charge in [0.25, 0.3) is 5.56 Å². The molecule has 0 radical (unpaired) electrons. The standard InChI is InChI=1S/C18H15FN2O3/c1-12-3-2-8-21-16(22)10-15(20-18(12)21)11-24-17(23)9-13-4-6-14(19)7-5-13/h2-8,10H,9,11H2,1H3. The van der Waals surface area contributed by atoms with Crippen molar-refractivity contribution in [2.45, 2.75) is 20.0 Å². The molecule has 0 aliphatic carbocycles.